The van der Waals surface area contributed by atoms with Gasteiger partial charge >= 0.3 is 23.9 Å². The van der Waals surface area contributed by atoms with Crippen LogP contribution < -0.4 is 0 Å². The highest BCUT2D eigenvalue weighted by Gasteiger charge is 2.51. The van der Waals surface area contributed by atoms with Crippen molar-refractivity contribution in [2.75, 3.05) is 6.61 Å². The molecule has 1 fully saturated rings. The van der Waals surface area contributed by atoms with E-state index in [0.717, 1.165) is 0 Å². The van der Waals surface area contributed by atoms with Crippen LogP contribution in [0.15, 0.2) is 0 Å². The van der Waals surface area contributed by atoms with Crippen LogP contribution in [0.1, 0.15) is 53.4 Å². The lowest BCUT2D eigenvalue weighted by Crippen LogP contribution is -2.42. The molecule has 0 N–H and O–H groups in total. The first-order valence-electron chi connectivity index (χ1n) is 8.75. The number of rotatable bonds is 9. The summed E-state index contributed by atoms with van der Waals surface area (Å²) < 4.78 is 26.4. The lowest BCUT2D eigenvalue weighted by molar-refractivity contribution is -0.199. The van der Waals surface area contributed by atoms with E-state index in [0.29, 0.717) is 0 Å². The van der Waals surface area contributed by atoms with E-state index < -0.39 is 48.5 Å². The Kier molecular flexibility index (Phi) is 9.04. The molecule has 0 bridgehead atoms. The molecule has 0 aliphatic carbocycles. The van der Waals surface area contributed by atoms with Gasteiger partial charge in [-0.2, -0.15) is 0 Å². The van der Waals surface area contributed by atoms with Crippen molar-refractivity contribution in [1.82, 2.24) is 0 Å². The number of carbonyl (C=O) groups excluding carboxylic acids is 4. The van der Waals surface area contributed by atoms with Crippen molar-refractivity contribution in [3.63, 3.8) is 0 Å². The van der Waals surface area contributed by atoms with E-state index in [1.165, 1.54) is 0 Å². The molecule has 0 saturated carbocycles. The molecule has 9 nitrogen and oxygen atoms in total. The molecule has 1 aliphatic heterocycles. The molecule has 1 unspecified atom stereocenters. The summed E-state index contributed by atoms with van der Waals surface area (Å²) >= 11 is 0. The van der Waals surface area contributed by atoms with Crippen LogP contribution in [0, 0.1) is 0 Å². The summed E-state index contributed by atoms with van der Waals surface area (Å²) in [6.07, 6.45) is -3.96. The quantitative estimate of drug-likeness (QED) is 0.434. The third-order valence-electron chi connectivity index (χ3n) is 3.61. The molecule has 1 heterocycles. The van der Waals surface area contributed by atoms with Gasteiger partial charge in [-0.05, 0) is 0 Å². The van der Waals surface area contributed by atoms with Gasteiger partial charge < -0.3 is 23.7 Å². The zero-order chi connectivity index (χ0) is 19.7. The second-order valence-electron chi connectivity index (χ2n) is 5.54. The van der Waals surface area contributed by atoms with Gasteiger partial charge in [0.1, 0.15) is 12.7 Å². The molecule has 148 valence electrons. The Labute approximate surface area is 152 Å². The van der Waals surface area contributed by atoms with Gasteiger partial charge in [0.25, 0.3) is 0 Å². The lowest BCUT2D eigenvalue weighted by atomic mass is 10.1. The van der Waals surface area contributed by atoms with Crippen LogP contribution >= 0.6 is 0 Å². The highest BCUT2D eigenvalue weighted by molar-refractivity contribution is 5.71. The fraction of sp³-hybridized carbons (Fsp3) is 0.765. The maximum atomic E-state index is 11.8. The standard InChI is InChI=1S/C17H26O9/c1-5-11(18)22-9-10-15(24-12(19)6-2)16(25-13(20)7-3)17(23-10)26-14(21)8-4/h10,15-17H,5-9H2,1-4H3/t10-,15-,16-,17?/m1/s1. The van der Waals surface area contributed by atoms with Gasteiger partial charge in [-0.25, -0.2) is 0 Å². The Bertz CT molecular complexity index is 516. The topological polar surface area (TPSA) is 114 Å². The molecule has 9 heteroatoms. The molecule has 1 saturated heterocycles. The molecule has 0 spiro atoms. The van der Waals surface area contributed by atoms with Gasteiger partial charge in [0.15, 0.2) is 6.10 Å². The van der Waals surface area contributed by atoms with Crippen molar-refractivity contribution >= 4 is 23.9 Å². The summed E-state index contributed by atoms with van der Waals surface area (Å²) in [5.74, 6) is -2.16. The van der Waals surface area contributed by atoms with Crippen molar-refractivity contribution in [2.45, 2.75) is 78.0 Å². The van der Waals surface area contributed by atoms with E-state index in [9.17, 15) is 19.2 Å². The van der Waals surface area contributed by atoms with Gasteiger partial charge in [-0.3, -0.25) is 19.2 Å². The van der Waals surface area contributed by atoms with E-state index >= 15 is 0 Å². The molecule has 4 atom stereocenters. The first-order chi connectivity index (χ1) is 12.4. The van der Waals surface area contributed by atoms with Gasteiger partial charge in [0.2, 0.25) is 12.4 Å². The van der Waals surface area contributed by atoms with E-state index in [1.54, 1.807) is 27.7 Å². The maximum Gasteiger partial charge on any atom is 0.307 e. The van der Waals surface area contributed by atoms with Crippen molar-refractivity contribution in [3.8, 4) is 0 Å². The van der Waals surface area contributed by atoms with E-state index in [1.807, 2.05) is 0 Å². The second kappa shape index (κ2) is 10.7. The Morgan fingerprint density at radius 1 is 0.692 bits per heavy atom. The Morgan fingerprint density at radius 3 is 1.65 bits per heavy atom. The third kappa shape index (κ3) is 6.29. The highest BCUT2D eigenvalue weighted by atomic mass is 16.8. The molecular weight excluding hydrogens is 348 g/mol. The Balaban J connectivity index is 3.01. The van der Waals surface area contributed by atoms with E-state index in [-0.39, 0.29) is 32.3 Å². The minimum Gasteiger partial charge on any atom is -0.463 e. The maximum absolute atomic E-state index is 11.8. The van der Waals surface area contributed by atoms with Crippen molar-refractivity contribution in [1.29, 1.82) is 0 Å². The van der Waals surface area contributed by atoms with Gasteiger partial charge in [0.05, 0.1) is 0 Å². The SMILES string of the molecule is CCC(=O)OC[C@H]1OC(OC(=O)CC)[C@H](OC(=O)CC)[C@@H]1OC(=O)CC. The molecule has 0 amide bonds. The lowest BCUT2D eigenvalue weighted by Gasteiger charge is -2.23. The summed E-state index contributed by atoms with van der Waals surface area (Å²) in [5, 5.41) is 0. The normalized spacial score (nSPS) is 24.6. The first kappa shape index (κ1) is 21.9. The highest BCUT2D eigenvalue weighted by Crippen LogP contribution is 2.29. The number of carbonyl (C=O) groups is 4. The molecule has 0 radical (unpaired) electrons. The van der Waals surface area contributed by atoms with Gasteiger partial charge in [-0.1, -0.05) is 27.7 Å². The van der Waals surface area contributed by atoms with Crippen LogP contribution in [-0.4, -0.2) is 55.1 Å². The van der Waals surface area contributed by atoms with Gasteiger partial charge in [0, 0.05) is 25.7 Å². The van der Waals surface area contributed by atoms with Crippen LogP contribution in [-0.2, 0) is 42.9 Å². The zero-order valence-corrected chi connectivity index (χ0v) is 15.5. The average Bonchev–Trinajstić information content (AvgIpc) is 2.95. The average molecular weight is 374 g/mol. The summed E-state index contributed by atoms with van der Waals surface area (Å²) in [6, 6.07) is 0. The van der Waals surface area contributed by atoms with Crippen molar-refractivity contribution in [2.24, 2.45) is 0 Å². The molecule has 1 aliphatic rings. The van der Waals surface area contributed by atoms with Crippen molar-refractivity contribution in [3.05, 3.63) is 0 Å². The van der Waals surface area contributed by atoms with E-state index in [4.69, 9.17) is 23.7 Å². The number of esters is 4. The van der Waals surface area contributed by atoms with Crippen molar-refractivity contribution < 1.29 is 42.9 Å². The predicted molar refractivity (Wildman–Crippen MR) is 86.6 cm³/mol. The summed E-state index contributed by atoms with van der Waals surface area (Å²) in [5.41, 5.74) is 0. The largest absolute Gasteiger partial charge is 0.463 e. The Hall–Kier alpha value is -2.16. The van der Waals surface area contributed by atoms with Gasteiger partial charge in [-0.15, -0.1) is 0 Å². The number of hydrogen-bond donors (Lipinski definition) is 0. The third-order valence-corrected chi connectivity index (χ3v) is 3.61. The fourth-order valence-electron chi connectivity index (χ4n) is 2.15. The first-order valence-corrected chi connectivity index (χ1v) is 8.75. The molecule has 0 aromatic heterocycles. The van der Waals surface area contributed by atoms with Crippen LogP contribution in [0.3, 0.4) is 0 Å². The number of ether oxygens (including phenoxy) is 5. The van der Waals surface area contributed by atoms with Crippen LogP contribution in [0.2, 0.25) is 0 Å². The molecule has 1 rings (SSSR count). The monoisotopic (exact) mass is 374 g/mol. The fourth-order valence-corrected chi connectivity index (χ4v) is 2.15. The summed E-state index contributed by atoms with van der Waals surface area (Å²) in [7, 11) is 0. The minimum atomic E-state index is -1.25. The molecular formula is C17H26O9. The molecule has 0 aromatic rings. The smallest absolute Gasteiger partial charge is 0.307 e. The predicted octanol–water partition coefficient (Wildman–Crippen LogP) is 1.26. The summed E-state index contributed by atoms with van der Waals surface area (Å²) in [4.78, 5) is 46.5. The van der Waals surface area contributed by atoms with E-state index in [2.05, 4.69) is 0 Å². The molecule has 26 heavy (non-hydrogen) atoms. The zero-order valence-electron chi connectivity index (χ0n) is 15.5. The minimum absolute atomic E-state index is 0.0782. The number of hydrogen-bond acceptors (Lipinski definition) is 9. The molecule has 0 aromatic carbocycles. The van der Waals surface area contributed by atoms with Crippen LogP contribution in [0.5, 0.6) is 0 Å². The van der Waals surface area contributed by atoms with Crippen LogP contribution in [0.25, 0.3) is 0 Å². The van der Waals surface area contributed by atoms with Crippen LogP contribution in [0.4, 0.5) is 0 Å². The second-order valence-corrected chi connectivity index (χ2v) is 5.54. The Morgan fingerprint density at radius 2 is 1.15 bits per heavy atom. The summed E-state index contributed by atoms with van der Waals surface area (Å²) in [6.45, 7) is 6.20.